The fourth-order valence-electron chi connectivity index (χ4n) is 4.26. The lowest BCUT2D eigenvalue weighted by atomic mass is 10.1. The summed E-state index contributed by atoms with van der Waals surface area (Å²) in [5, 5.41) is 3.02. The summed E-state index contributed by atoms with van der Waals surface area (Å²) in [6.45, 7) is 5.60. The van der Waals surface area contributed by atoms with Gasteiger partial charge in [-0.1, -0.05) is 30.3 Å². The lowest BCUT2D eigenvalue weighted by molar-refractivity contribution is 0.0730. The number of nitrogens with one attached hydrogen (secondary N) is 1. The van der Waals surface area contributed by atoms with Gasteiger partial charge in [0.05, 0.1) is 32.1 Å². The van der Waals surface area contributed by atoms with Crippen molar-refractivity contribution in [1.82, 2.24) is 9.62 Å². The van der Waals surface area contributed by atoms with Gasteiger partial charge < -0.3 is 19.7 Å². The smallest absolute Gasteiger partial charge is 0.251 e. The minimum atomic E-state index is -3.78. The third-order valence-corrected chi connectivity index (χ3v) is 8.18. The van der Waals surface area contributed by atoms with Crippen LogP contribution in [-0.4, -0.2) is 77.3 Å². The molecule has 4 rings (SSSR count). The van der Waals surface area contributed by atoms with Crippen molar-refractivity contribution >= 4 is 21.6 Å². The second kappa shape index (κ2) is 11.3. The normalized spacial score (nSPS) is 18.4. The third kappa shape index (κ3) is 5.96. The number of sulfonamides is 1. The number of nitrogens with zero attached hydrogens (tertiary/aromatic N) is 2. The molecule has 1 amide bonds. The van der Waals surface area contributed by atoms with Gasteiger partial charge in [-0.05, 0) is 43.5 Å². The van der Waals surface area contributed by atoms with Crippen molar-refractivity contribution < 1.29 is 22.7 Å². The van der Waals surface area contributed by atoms with Crippen LogP contribution in [0.5, 0.6) is 0 Å². The molecule has 184 valence electrons. The van der Waals surface area contributed by atoms with Gasteiger partial charge in [0.15, 0.2) is 0 Å². The maximum absolute atomic E-state index is 13.6. The van der Waals surface area contributed by atoms with E-state index in [2.05, 4.69) is 17.4 Å². The van der Waals surface area contributed by atoms with Gasteiger partial charge in [-0.25, -0.2) is 8.42 Å². The molecule has 0 bridgehead atoms. The summed E-state index contributed by atoms with van der Waals surface area (Å²) in [6.07, 6.45) is 1.65. The first-order valence-electron chi connectivity index (χ1n) is 11.8. The molecule has 2 heterocycles. The SMILES string of the molecule is C[C@@H](CCc1ccccc1)NC(=O)c1ccc(N2CCOCC2)c(S(=O)(=O)N2CCOCC2)c1. The van der Waals surface area contributed by atoms with E-state index >= 15 is 0 Å². The molecular formula is C25H33N3O5S. The molecule has 0 unspecified atom stereocenters. The number of amides is 1. The van der Waals surface area contributed by atoms with Crippen LogP contribution >= 0.6 is 0 Å². The van der Waals surface area contributed by atoms with Crippen molar-refractivity contribution in [1.29, 1.82) is 0 Å². The van der Waals surface area contributed by atoms with Gasteiger partial charge in [0, 0.05) is 37.8 Å². The van der Waals surface area contributed by atoms with Crippen LogP contribution in [0.3, 0.4) is 0 Å². The molecule has 0 saturated carbocycles. The van der Waals surface area contributed by atoms with Crippen molar-refractivity contribution in [3.05, 3.63) is 59.7 Å². The summed E-state index contributed by atoms with van der Waals surface area (Å²) in [7, 11) is -3.78. The Labute approximate surface area is 201 Å². The molecule has 1 atom stereocenters. The van der Waals surface area contributed by atoms with E-state index in [4.69, 9.17) is 9.47 Å². The highest BCUT2D eigenvalue weighted by atomic mass is 32.2. The van der Waals surface area contributed by atoms with Crippen molar-refractivity contribution in [2.75, 3.05) is 57.5 Å². The van der Waals surface area contributed by atoms with E-state index in [1.54, 1.807) is 12.1 Å². The summed E-state index contributed by atoms with van der Waals surface area (Å²) in [4.78, 5) is 15.2. The lowest BCUT2D eigenvalue weighted by Gasteiger charge is -2.32. The van der Waals surface area contributed by atoms with Crippen molar-refractivity contribution in [2.45, 2.75) is 30.7 Å². The van der Waals surface area contributed by atoms with Gasteiger partial charge in [-0.15, -0.1) is 0 Å². The number of carbonyl (C=O) groups is 1. The second-order valence-corrected chi connectivity index (χ2v) is 10.6. The molecule has 1 N–H and O–H groups in total. The third-order valence-electron chi connectivity index (χ3n) is 6.25. The van der Waals surface area contributed by atoms with Crippen LogP contribution in [0.2, 0.25) is 0 Å². The largest absolute Gasteiger partial charge is 0.379 e. The van der Waals surface area contributed by atoms with Gasteiger partial charge in [-0.2, -0.15) is 4.31 Å². The van der Waals surface area contributed by atoms with Gasteiger partial charge in [0.2, 0.25) is 10.0 Å². The predicted octanol–water partition coefficient (Wildman–Crippen LogP) is 2.30. The van der Waals surface area contributed by atoms with E-state index in [1.807, 2.05) is 30.0 Å². The quantitative estimate of drug-likeness (QED) is 0.615. The summed E-state index contributed by atoms with van der Waals surface area (Å²) < 4.78 is 39.4. The number of aryl methyl sites for hydroxylation is 1. The van der Waals surface area contributed by atoms with E-state index in [9.17, 15) is 13.2 Å². The number of anilines is 1. The topological polar surface area (TPSA) is 88.2 Å². The summed E-state index contributed by atoms with van der Waals surface area (Å²) >= 11 is 0. The first-order chi connectivity index (χ1) is 16.4. The van der Waals surface area contributed by atoms with Crippen LogP contribution in [0.15, 0.2) is 53.4 Å². The lowest BCUT2D eigenvalue weighted by Crippen LogP contribution is -2.42. The molecule has 2 aliphatic heterocycles. The van der Waals surface area contributed by atoms with E-state index in [0.717, 1.165) is 12.8 Å². The van der Waals surface area contributed by atoms with Crippen molar-refractivity contribution in [2.24, 2.45) is 0 Å². The highest BCUT2D eigenvalue weighted by Crippen LogP contribution is 2.30. The molecule has 2 aromatic carbocycles. The van der Waals surface area contributed by atoms with Crippen molar-refractivity contribution in [3.63, 3.8) is 0 Å². The molecule has 0 spiro atoms. The van der Waals surface area contributed by atoms with Gasteiger partial charge in [0.1, 0.15) is 4.90 Å². The first-order valence-corrected chi connectivity index (χ1v) is 13.3. The highest BCUT2D eigenvalue weighted by molar-refractivity contribution is 7.89. The Hall–Kier alpha value is -2.46. The number of benzene rings is 2. The fourth-order valence-corrected chi connectivity index (χ4v) is 5.91. The van der Waals surface area contributed by atoms with Crippen LogP contribution in [0.4, 0.5) is 5.69 Å². The molecule has 9 heteroatoms. The second-order valence-electron chi connectivity index (χ2n) is 8.70. The zero-order chi connectivity index (χ0) is 24.0. The van der Waals surface area contributed by atoms with E-state index in [1.165, 1.54) is 15.9 Å². The molecule has 8 nitrogen and oxygen atoms in total. The standard InChI is InChI=1S/C25H33N3O5S/c1-20(7-8-21-5-3-2-4-6-21)26-25(29)22-9-10-23(27-11-15-32-16-12-27)24(19-22)34(30,31)28-13-17-33-18-14-28/h2-6,9-10,19-20H,7-8,11-18H2,1H3,(H,26,29)/t20-/m0/s1. The van der Waals surface area contributed by atoms with Crippen LogP contribution < -0.4 is 10.2 Å². The summed E-state index contributed by atoms with van der Waals surface area (Å²) in [5.74, 6) is -0.271. The van der Waals surface area contributed by atoms with E-state index < -0.39 is 10.0 Å². The molecule has 2 saturated heterocycles. The average Bonchev–Trinajstić information content (AvgIpc) is 2.88. The Morgan fingerprint density at radius 3 is 2.29 bits per heavy atom. The molecule has 0 aliphatic carbocycles. The molecule has 0 radical (unpaired) electrons. The molecule has 0 aromatic heterocycles. The van der Waals surface area contributed by atoms with E-state index in [-0.39, 0.29) is 16.8 Å². The Morgan fingerprint density at radius 1 is 0.971 bits per heavy atom. The maximum atomic E-state index is 13.6. The van der Waals surface area contributed by atoms with Crippen LogP contribution in [0, 0.1) is 0 Å². The Kier molecular flexibility index (Phi) is 8.20. The zero-order valence-electron chi connectivity index (χ0n) is 19.6. The minimum absolute atomic E-state index is 0.0501. The summed E-state index contributed by atoms with van der Waals surface area (Å²) in [6, 6.07) is 15.1. The first kappa shape index (κ1) is 24.7. The monoisotopic (exact) mass is 487 g/mol. The van der Waals surface area contributed by atoms with Gasteiger partial charge >= 0.3 is 0 Å². The summed E-state index contributed by atoms with van der Waals surface area (Å²) in [5.41, 5.74) is 2.18. The number of morpholine rings is 2. The van der Waals surface area contributed by atoms with Crippen LogP contribution in [0.1, 0.15) is 29.3 Å². The molecule has 2 aromatic rings. The molecule has 34 heavy (non-hydrogen) atoms. The number of hydrogen-bond acceptors (Lipinski definition) is 6. The number of rotatable bonds is 8. The Bertz CT molecular complexity index is 1070. The Morgan fingerprint density at radius 2 is 1.62 bits per heavy atom. The van der Waals surface area contributed by atoms with E-state index in [0.29, 0.717) is 63.9 Å². The maximum Gasteiger partial charge on any atom is 0.251 e. The fraction of sp³-hybridized carbons (Fsp3) is 0.480. The predicted molar refractivity (Wildman–Crippen MR) is 131 cm³/mol. The average molecular weight is 488 g/mol. The minimum Gasteiger partial charge on any atom is -0.379 e. The van der Waals surface area contributed by atoms with Crippen LogP contribution in [0.25, 0.3) is 0 Å². The number of hydrogen-bond donors (Lipinski definition) is 1. The molecular weight excluding hydrogens is 454 g/mol. The van der Waals surface area contributed by atoms with Gasteiger partial charge in [0.25, 0.3) is 5.91 Å². The van der Waals surface area contributed by atoms with Gasteiger partial charge in [-0.3, -0.25) is 4.79 Å². The zero-order valence-corrected chi connectivity index (χ0v) is 20.4. The number of carbonyl (C=O) groups excluding carboxylic acids is 1. The molecule has 2 fully saturated rings. The van der Waals surface area contributed by atoms with Crippen molar-refractivity contribution in [3.8, 4) is 0 Å². The Balaban J connectivity index is 1.54. The van der Waals surface area contributed by atoms with Crippen LogP contribution in [-0.2, 0) is 25.9 Å². The molecule has 2 aliphatic rings. The number of ether oxygens (including phenoxy) is 2. The highest BCUT2D eigenvalue weighted by Gasteiger charge is 2.31.